The van der Waals surface area contributed by atoms with Crippen LogP contribution in [0.4, 0.5) is 4.39 Å². The third kappa shape index (κ3) is 2.76. The number of rotatable bonds is 4. The number of aryl methyl sites for hydroxylation is 1. The highest BCUT2D eigenvalue weighted by Gasteiger charge is 2.14. The standard InChI is InChI=1S/C14H18FN3O/c1-9-11(8-17-18(9)2)13(16)7-10-4-5-14(19-3)12(15)6-10/h4-6,8,13H,7,16H2,1-3H3. The lowest BCUT2D eigenvalue weighted by Crippen LogP contribution is -2.14. The molecular formula is C14H18FN3O. The highest BCUT2D eigenvalue weighted by atomic mass is 19.1. The van der Waals surface area contributed by atoms with Gasteiger partial charge in [-0.1, -0.05) is 6.07 Å². The number of hydrogen-bond donors (Lipinski definition) is 1. The van der Waals surface area contributed by atoms with Crippen molar-refractivity contribution < 1.29 is 9.13 Å². The van der Waals surface area contributed by atoms with Gasteiger partial charge in [-0.15, -0.1) is 0 Å². The van der Waals surface area contributed by atoms with E-state index in [9.17, 15) is 4.39 Å². The zero-order valence-electron chi connectivity index (χ0n) is 11.4. The minimum Gasteiger partial charge on any atom is -0.494 e. The van der Waals surface area contributed by atoms with Crippen LogP contribution in [0.25, 0.3) is 0 Å². The molecule has 1 aromatic heterocycles. The van der Waals surface area contributed by atoms with E-state index < -0.39 is 0 Å². The molecule has 1 unspecified atom stereocenters. The highest BCUT2D eigenvalue weighted by molar-refractivity contribution is 5.31. The molecule has 0 saturated heterocycles. The fraction of sp³-hybridized carbons (Fsp3) is 0.357. The number of nitrogens with zero attached hydrogens (tertiary/aromatic N) is 2. The molecule has 0 radical (unpaired) electrons. The molecule has 0 fully saturated rings. The van der Waals surface area contributed by atoms with Gasteiger partial charge in [-0.05, 0) is 31.0 Å². The van der Waals surface area contributed by atoms with Gasteiger partial charge < -0.3 is 10.5 Å². The molecule has 0 aliphatic rings. The molecule has 2 aromatic rings. The van der Waals surface area contributed by atoms with E-state index in [1.54, 1.807) is 16.9 Å². The van der Waals surface area contributed by atoms with Crippen LogP contribution in [-0.4, -0.2) is 16.9 Å². The lowest BCUT2D eigenvalue weighted by Gasteiger charge is -2.12. The summed E-state index contributed by atoms with van der Waals surface area (Å²) < 4.78 is 20.3. The highest BCUT2D eigenvalue weighted by Crippen LogP contribution is 2.22. The maximum absolute atomic E-state index is 13.6. The quantitative estimate of drug-likeness (QED) is 0.919. The number of aromatic nitrogens is 2. The smallest absolute Gasteiger partial charge is 0.165 e. The van der Waals surface area contributed by atoms with Crippen LogP contribution in [0.5, 0.6) is 5.75 Å². The van der Waals surface area contributed by atoms with Crippen LogP contribution in [0.2, 0.25) is 0 Å². The van der Waals surface area contributed by atoms with Crippen LogP contribution in [0.1, 0.15) is 22.9 Å². The van der Waals surface area contributed by atoms with Crippen molar-refractivity contribution in [3.63, 3.8) is 0 Å². The summed E-state index contributed by atoms with van der Waals surface area (Å²) in [5.41, 5.74) is 9.01. The van der Waals surface area contributed by atoms with E-state index in [1.165, 1.54) is 13.2 Å². The zero-order valence-corrected chi connectivity index (χ0v) is 11.4. The molecule has 0 bridgehead atoms. The molecule has 5 heteroatoms. The van der Waals surface area contributed by atoms with E-state index in [4.69, 9.17) is 10.5 Å². The Balaban J connectivity index is 2.17. The van der Waals surface area contributed by atoms with Crippen molar-refractivity contribution in [2.24, 2.45) is 12.8 Å². The first kappa shape index (κ1) is 13.5. The van der Waals surface area contributed by atoms with Gasteiger partial charge in [0.25, 0.3) is 0 Å². The zero-order chi connectivity index (χ0) is 14.0. The van der Waals surface area contributed by atoms with Crippen LogP contribution in [0, 0.1) is 12.7 Å². The SMILES string of the molecule is COc1ccc(CC(N)c2cnn(C)c2C)cc1F. The van der Waals surface area contributed by atoms with Crippen LogP contribution >= 0.6 is 0 Å². The summed E-state index contributed by atoms with van der Waals surface area (Å²) in [4.78, 5) is 0. The van der Waals surface area contributed by atoms with Crippen LogP contribution in [-0.2, 0) is 13.5 Å². The summed E-state index contributed by atoms with van der Waals surface area (Å²) >= 11 is 0. The Bertz CT molecular complexity index is 580. The van der Waals surface area contributed by atoms with Crippen molar-refractivity contribution >= 4 is 0 Å². The van der Waals surface area contributed by atoms with Crippen molar-refractivity contribution in [2.75, 3.05) is 7.11 Å². The first-order valence-corrected chi connectivity index (χ1v) is 6.09. The Morgan fingerprint density at radius 3 is 2.74 bits per heavy atom. The molecule has 0 aliphatic carbocycles. The summed E-state index contributed by atoms with van der Waals surface area (Å²) in [5, 5.41) is 4.17. The maximum atomic E-state index is 13.6. The Labute approximate surface area is 112 Å². The van der Waals surface area contributed by atoms with E-state index in [0.717, 1.165) is 16.8 Å². The molecule has 2 N–H and O–H groups in total. The molecule has 0 spiro atoms. The van der Waals surface area contributed by atoms with Gasteiger partial charge in [0.15, 0.2) is 11.6 Å². The van der Waals surface area contributed by atoms with E-state index >= 15 is 0 Å². The molecule has 1 heterocycles. The molecule has 102 valence electrons. The molecule has 0 amide bonds. The second kappa shape index (κ2) is 5.40. The molecule has 19 heavy (non-hydrogen) atoms. The third-order valence-electron chi connectivity index (χ3n) is 3.34. The Hall–Kier alpha value is -1.88. The fourth-order valence-electron chi connectivity index (χ4n) is 2.08. The molecular weight excluding hydrogens is 245 g/mol. The lowest BCUT2D eigenvalue weighted by molar-refractivity contribution is 0.386. The molecule has 4 nitrogen and oxygen atoms in total. The van der Waals surface area contributed by atoms with Crippen LogP contribution in [0.15, 0.2) is 24.4 Å². The second-order valence-corrected chi connectivity index (χ2v) is 4.59. The molecule has 2 rings (SSSR count). The van der Waals surface area contributed by atoms with Gasteiger partial charge in [0.05, 0.1) is 13.3 Å². The summed E-state index contributed by atoms with van der Waals surface area (Å²) in [7, 11) is 3.32. The van der Waals surface area contributed by atoms with E-state index in [0.29, 0.717) is 6.42 Å². The van der Waals surface area contributed by atoms with Crippen molar-refractivity contribution in [2.45, 2.75) is 19.4 Å². The number of methoxy groups -OCH3 is 1. The van der Waals surface area contributed by atoms with Crippen LogP contribution in [0.3, 0.4) is 0 Å². The number of nitrogens with two attached hydrogens (primary N) is 1. The van der Waals surface area contributed by atoms with Gasteiger partial charge in [-0.2, -0.15) is 5.10 Å². The average molecular weight is 263 g/mol. The fourth-order valence-corrected chi connectivity index (χ4v) is 2.08. The maximum Gasteiger partial charge on any atom is 0.165 e. The Kier molecular flexibility index (Phi) is 3.85. The molecule has 0 aliphatic heterocycles. The largest absolute Gasteiger partial charge is 0.494 e. The van der Waals surface area contributed by atoms with Crippen molar-refractivity contribution in [3.05, 3.63) is 47.0 Å². The van der Waals surface area contributed by atoms with E-state index in [2.05, 4.69) is 5.10 Å². The lowest BCUT2D eigenvalue weighted by atomic mass is 10.0. The molecule has 1 atom stereocenters. The summed E-state index contributed by atoms with van der Waals surface area (Å²) in [6.45, 7) is 1.97. The Morgan fingerprint density at radius 2 is 2.21 bits per heavy atom. The molecule has 1 aromatic carbocycles. The summed E-state index contributed by atoms with van der Waals surface area (Å²) in [6.07, 6.45) is 2.33. The second-order valence-electron chi connectivity index (χ2n) is 4.59. The minimum atomic E-state index is -0.366. The predicted octanol–water partition coefficient (Wildman–Crippen LogP) is 2.12. The number of benzene rings is 1. The van der Waals surface area contributed by atoms with Gasteiger partial charge in [0.1, 0.15) is 0 Å². The van der Waals surface area contributed by atoms with Gasteiger partial charge in [0, 0.05) is 24.3 Å². The van der Waals surface area contributed by atoms with Gasteiger partial charge in [-0.3, -0.25) is 4.68 Å². The first-order chi connectivity index (χ1) is 9.02. The Morgan fingerprint density at radius 1 is 1.47 bits per heavy atom. The first-order valence-electron chi connectivity index (χ1n) is 6.09. The van der Waals surface area contributed by atoms with Gasteiger partial charge in [0.2, 0.25) is 0 Å². The predicted molar refractivity (Wildman–Crippen MR) is 71.5 cm³/mol. The van der Waals surface area contributed by atoms with Crippen molar-refractivity contribution in [1.29, 1.82) is 0 Å². The molecule has 0 saturated carbocycles. The number of ether oxygens (including phenoxy) is 1. The van der Waals surface area contributed by atoms with E-state index in [1.807, 2.05) is 20.0 Å². The van der Waals surface area contributed by atoms with Crippen LogP contribution < -0.4 is 10.5 Å². The van der Waals surface area contributed by atoms with Gasteiger partial charge >= 0.3 is 0 Å². The van der Waals surface area contributed by atoms with Crippen molar-refractivity contribution in [3.8, 4) is 5.75 Å². The number of hydrogen-bond acceptors (Lipinski definition) is 3. The third-order valence-corrected chi connectivity index (χ3v) is 3.34. The topological polar surface area (TPSA) is 53.1 Å². The monoisotopic (exact) mass is 263 g/mol. The average Bonchev–Trinajstić information content (AvgIpc) is 2.70. The normalized spacial score (nSPS) is 12.5. The summed E-state index contributed by atoms with van der Waals surface area (Å²) in [6, 6.07) is 4.72. The van der Waals surface area contributed by atoms with Gasteiger partial charge in [-0.25, -0.2) is 4.39 Å². The number of halogens is 1. The van der Waals surface area contributed by atoms with E-state index in [-0.39, 0.29) is 17.6 Å². The summed E-state index contributed by atoms with van der Waals surface area (Å²) in [5.74, 6) is -0.120. The van der Waals surface area contributed by atoms with Crippen molar-refractivity contribution in [1.82, 2.24) is 9.78 Å². The minimum absolute atomic E-state index is 0.193.